The van der Waals surface area contributed by atoms with E-state index in [0.717, 1.165) is 25.0 Å². The largest absolute Gasteiger partial charge is 0.314 e. The minimum atomic E-state index is 0.552. The number of hydrogen-bond donors (Lipinski definition) is 1. The van der Waals surface area contributed by atoms with Gasteiger partial charge in [0.1, 0.15) is 0 Å². The van der Waals surface area contributed by atoms with Crippen LogP contribution >= 0.6 is 0 Å². The lowest BCUT2D eigenvalue weighted by Crippen LogP contribution is -2.29. The van der Waals surface area contributed by atoms with Crippen molar-refractivity contribution in [1.82, 2.24) is 20.0 Å². The molecule has 2 unspecified atom stereocenters. The highest BCUT2D eigenvalue weighted by atomic mass is 15.3. The van der Waals surface area contributed by atoms with Crippen molar-refractivity contribution < 1.29 is 0 Å². The molecule has 1 saturated heterocycles. The second kappa shape index (κ2) is 5.02. The van der Waals surface area contributed by atoms with Gasteiger partial charge in [-0.15, -0.1) is 0 Å². The average molecular weight is 248 g/mol. The highest BCUT2D eigenvalue weighted by Crippen LogP contribution is 2.36. The highest BCUT2D eigenvalue weighted by Gasteiger charge is 2.34. The molecule has 2 atom stereocenters. The average Bonchev–Trinajstić information content (AvgIpc) is 2.96. The van der Waals surface area contributed by atoms with E-state index in [2.05, 4.69) is 41.7 Å². The molecule has 1 aliphatic carbocycles. The van der Waals surface area contributed by atoms with Crippen LogP contribution in [0.25, 0.3) is 0 Å². The fraction of sp³-hybridized carbons (Fsp3) is 0.786. The Bertz CT molecular complexity index is 396. The lowest BCUT2D eigenvalue weighted by atomic mass is 9.96. The van der Waals surface area contributed by atoms with Crippen LogP contribution in [0, 0.1) is 5.92 Å². The Morgan fingerprint density at radius 1 is 1.39 bits per heavy atom. The van der Waals surface area contributed by atoms with Gasteiger partial charge in [0.15, 0.2) is 0 Å². The van der Waals surface area contributed by atoms with Crippen molar-refractivity contribution in [3.05, 3.63) is 18.0 Å². The lowest BCUT2D eigenvalue weighted by molar-refractivity contribution is 0.271. The summed E-state index contributed by atoms with van der Waals surface area (Å²) in [7, 11) is 2.24. The van der Waals surface area contributed by atoms with Crippen molar-refractivity contribution in [3.8, 4) is 0 Å². The molecule has 0 bridgehead atoms. The molecule has 1 saturated carbocycles. The Morgan fingerprint density at radius 2 is 2.22 bits per heavy atom. The van der Waals surface area contributed by atoms with E-state index in [1.807, 2.05) is 4.68 Å². The predicted molar refractivity (Wildman–Crippen MR) is 72.4 cm³/mol. The van der Waals surface area contributed by atoms with Crippen LogP contribution in [0.1, 0.15) is 37.8 Å². The van der Waals surface area contributed by atoms with Crippen molar-refractivity contribution in [2.75, 3.05) is 20.1 Å². The molecule has 0 amide bonds. The van der Waals surface area contributed by atoms with E-state index in [9.17, 15) is 0 Å². The van der Waals surface area contributed by atoms with Crippen LogP contribution in [-0.4, -0.2) is 40.9 Å². The first kappa shape index (κ1) is 12.2. The molecule has 2 aliphatic rings. The van der Waals surface area contributed by atoms with Crippen molar-refractivity contribution in [2.45, 2.75) is 44.8 Å². The smallest absolute Gasteiger partial charge is 0.0537 e. The molecule has 1 aromatic heterocycles. The maximum atomic E-state index is 4.43. The normalized spacial score (nSPS) is 29.0. The standard InChI is InChI=1S/C14H24N4/c1-3-18-10-12(9-16-18)14-11(6-7-17(14)2)8-15-13-4-5-13/h9-11,13-15H,3-8H2,1-2H3. The van der Waals surface area contributed by atoms with E-state index in [1.54, 1.807) is 0 Å². The monoisotopic (exact) mass is 248 g/mol. The van der Waals surface area contributed by atoms with Crippen molar-refractivity contribution >= 4 is 0 Å². The number of aromatic nitrogens is 2. The van der Waals surface area contributed by atoms with E-state index in [1.165, 1.54) is 31.4 Å². The maximum absolute atomic E-state index is 4.43. The van der Waals surface area contributed by atoms with Crippen molar-refractivity contribution in [2.24, 2.45) is 5.92 Å². The zero-order valence-corrected chi connectivity index (χ0v) is 11.5. The van der Waals surface area contributed by atoms with Gasteiger partial charge in [-0.1, -0.05) is 0 Å². The molecule has 2 heterocycles. The zero-order chi connectivity index (χ0) is 12.5. The summed E-state index contributed by atoms with van der Waals surface area (Å²) in [4.78, 5) is 2.48. The van der Waals surface area contributed by atoms with Crippen LogP contribution < -0.4 is 5.32 Å². The van der Waals surface area contributed by atoms with Gasteiger partial charge in [0, 0.05) is 36.9 Å². The van der Waals surface area contributed by atoms with Gasteiger partial charge in [-0.3, -0.25) is 9.58 Å². The minimum Gasteiger partial charge on any atom is -0.314 e. The van der Waals surface area contributed by atoms with Gasteiger partial charge in [-0.2, -0.15) is 5.10 Å². The number of likely N-dealkylation sites (tertiary alicyclic amines) is 1. The van der Waals surface area contributed by atoms with Crippen molar-refractivity contribution in [1.29, 1.82) is 0 Å². The zero-order valence-electron chi connectivity index (χ0n) is 11.5. The van der Waals surface area contributed by atoms with Gasteiger partial charge in [0.25, 0.3) is 0 Å². The fourth-order valence-corrected chi connectivity index (χ4v) is 3.08. The molecule has 0 spiro atoms. The molecule has 1 aromatic rings. The number of aryl methyl sites for hydroxylation is 1. The van der Waals surface area contributed by atoms with Crippen LogP contribution in [0.3, 0.4) is 0 Å². The molecule has 1 N–H and O–H groups in total. The van der Waals surface area contributed by atoms with Crippen LogP contribution in [-0.2, 0) is 6.54 Å². The highest BCUT2D eigenvalue weighted by molar-refractivity contribution is 5.14. The van der Waals surface area contributed by atoms with Gasteiger partial charge in [-0.05, 0) is 45.7 Å². The van der Waals surface area contributed by atoms with E-state index < -0.39 is 0 Å². The summed E-state index contributed by atoms with van der Waals surface area (Å²) < 4.78 is 2.03. The minimum absolute atomic E-state index is 0.552. The number of nitrogens with zero attached hydrogens (tertiary/aromatic N) is 3. The Labute approximate surface area is 109 Å². The van der Waals surface area contributed by atoms with Gasteiger partial charge in [-0.25, -0.2) is 0 Å². The first-order chi connectivity index (χ1) is 8.78. The topological polar surface area (TPSA) is 33.1 Å². The second-order valence-corrected chi connectivity index (χ2v) is 5.79. The molecular weight excluding hydrogens is 224 g/mol. The fourth-order valence-electron chi connectivity index (χ4n) is 3.08. The van der Waals surface area contributed by atoms with E-state index >= 15 is 0 Å². The van der Waals surface area contributed by atoms with E-state index in [-0.39, 0.29) is 0 Å². The molecule has 1 aliphatic heterocycles. The molecular formula is C14H24N4. The Kier molecular flexibility index (Phi) is 3.39. The summed E-state index contributed by atoms with van der Waals surface area (Å²) >= 11 is 0. The quantitative estimate of drug-likeness (QED) is 0.860. The predicted octanol–water partition coefficient (Wildman–Crippen LogP) is 1.65. The summed E-state index contributed by atoms with van der Waals surface area (Å²) in [5.74, 6) is 0.741. The molecule has 3 rings (SSSR count). The number of rotatable bonds is 5. The molecule has 2 fully saturated rings. The summed E-state index contributed by atoms with van der Waals surface area (Å²) in [5.41, 5.74) is 1.39. The third-order valence-electron chi connectivity index (χ3n) is 4.34. The Morgan fingerprint density at radius 3 is 2.89 bits per heavy atom. The maximum Gasteiger partial charge on any atom is 0.0537 e. The number of nitrogens with one attached hydrogen (secondary N) is 1. The molecule has 100 valence electrons. The summed E-state index contributed by atoms with van der Waals surface area (Å²) in [6, 6.07) is 1.37. The van der Waals surface area contributed by atoms with Crippen LogP contribution in [0.5, 0.6) is 0 Å². The summed E-state index contributed by atoms with van der Waals surface area (Å²) in [6.07, 6.45) is 8.33. The van der Waals surface area contributed by atoms with Gasteiger partial charge in [0.05, 0.1) is 6.20 Å². The van der Waals surface area contributed by atoms with E-state index in [4.69, 9.17) is 0 Å². The first-order valence-electron chi connectivity index (χ1n) is 7.24. The molecule has 4 heteroatoms. The lowest BCUT2D eigenvalue weighted by Gasteiger charge is -2.24. The molecule has 0 radical (unpaired) electrons. The summed E-state index contributed by atoms with van der Waals surface area (Å²) in [5, 5.41) is 8.11. The van der Waals surface area contributed by atoms with Gasteiger partial charge >= 0.3 is 0 Å². The third kappa shape index (κ3) is 2.45. The first-order valence-corrected chi connectivity index (χ1v) is 7.24. The van der Waals surface area contributed by atoms with E-state index in [0.29, 0.717) is 6.04 Å². The van der Waals surface area contributed by atoms with Crippen LogP contribution in [0.15, 0.2) is 12.4 Å². The van der Waals surface area contributed by atoms with Crippen LogP contribution in [0.2, 0.25) is 0 Å². The van der Waals surface area contributed by atoms with Crippen LogP contribution in [0.4, 0.5) is 0 Å². The van der Waals surface area contributed by atoms with Gasteiger partial charge < -0.3 is 5.32 Å². The summed E-state index contributed by atoms with van der Waals surface area (Å²) in [6.45, 7) is 5.47. The van der Waals surface area contributed by atoms with Gasteiger partial charge in [0.2, 0.25) is 0 Å². The SMILES string of the molecule is CCn1cc(C2C(CNC3CC3)CCN2C)cn1. The molecule has 4 nitrogen and oxygen atoms in total. The third-order valence-corrected chi connectivity index (χ3v) is 4.34. The van der Waals surface area contributed by atoms with Crippen molar-refractivity contribution in [3.63, 3.8) is 0 Å². The Balaban J connectivity index is 1.69. The molecule has 18 heavy (non-hydrogen) atoms. The Hall–Kier alpha value is -0.870. The molecule has 0 aromatic carbocycles. The second-order valence-electron chi connectivity index (χ2n) is 5.79. The number of hydrogen-bond acceptors (Lipinski definition) is 3.